The third-order valence-corrected chi connectivity index (χ3v) is 7.90. The van der Waals surface area contributed by atoms with Gasteiger partial charge in [0.05, 0.1) is 11.9 Å². The maximum atomic E-state index is 13.9. The minimum absolute atomic E-state index is 0.0246. The number of unbranched alkanes of at least 4 members (excludes halogenated alkanes) is 1. The molecule has 1 N–H and O–H groups in total. The van der Waals surface area contributed by atoms with E-state index in [1.165, 1.54) is 17.0 Å². The molecule has 0 bridgehead atoms. The molecule has 42 heavy (non-hydrogen) atoms. The van der Waals surface area contributed by atoms with Crippen molar-refractivity contribution >= 4 is 27.5 Å². The van der Waals surface area contributed by atoms with Crippen molar-refractivity contribution in [2.75, 3.05) is 23.7 Å². The van der Waals surface area contributed by atoms with Gasteiger partial charge in [-0.25, -0.2) is 21.6 Å². The van der Waals surface area contributed by atoms with Crippen molar-refractivity contribution in [3.8, 4) is 0 Å². The van der Waals surface area contributed by atoms with E-state index in [9.17, 15) is 31.2 Å². The van der Waals surface area contributed by atoms with Crippen LogP contribution in [0.25, 0.3) is 0 Å². The molecular formula is C31H36F3N3O4S. The number of carbonyl (C=O) groups is 2. The molecule has 0 heterocycles. The molecule has 0 radical (unpaired) electrons. The van der Waals surface area contributed by atoms with Crippen LogP contribution in [0.4, 0.5) is 18.9 Å². The van der Waals surface area contributed by atoms with Crippen molar-refractivity contribution in [3.63, 3.8) is 0 Å². The first-order chi connectivity index (χ1) is 20.0. The molecule has 0 aromatic heterocycles. The molecule has 3 aromatic rings. The van der Waals surface area contributed by atoms with Crippen LogP contribution in [0.3, 0.4) is 0 Å². The monoisotopic (exact) mass is 603 g/mol. The van der Waals surface area contributed by atoms with Gasteiger partial charge in [-0.3, -0.25) is 13.9 Å². The number of halogens is 3. The van der Waals surface area contributed by atoms with E-state index in [4.69, 9.17) is 0 Å². The zero-order chi connectivity index (χ0) is 30.7. The number of benzene rings is 3. The van der Waals surface area contributed by atoms with Crippen LogP contribution in [-0.4, -0.2) is 50.5 Å². The average Bonchev–Trinajstić information content (AvgIpc) is 2.95. The molecule has 0 fully saturated rings. The topological polar surface area (TPSA) is 86.8 Å². The second-order valence-corrected chi connectivity index (χ2v) is 11.9. The quantitative estimate of drug-likeness (QED) is 0.242. The molecule has 3 rings (SSSR count). The highest BCUT2D eigenvalue weighted by molar-refractivity contribution is 7.92. The first kappa shape index (κ1) is 32.7. The van der Waals surface area contributed by atoms with Crippen molar-refractivity contribution in [1.29, 1.82) is 0 Å². The summed E-state index contributed by atoms with van der Waals surface area (Å²) in [7, 11) is -3.88. The fraction of sp³-hybridized carbons (Fsp3) is 0.355. The largest absolute Gasteiger partial charge is 0.354 e. The summed E-state index contributed by atoms with van der Waals surface area (Å²) in [6.07, 6.45) is 2.71. The highest BCUT2D eigenvalue weighted by Gasteiger charge is 2.30. The van der Waals surface area contributed by atoms with E-state index in [1.54, 1.807) is 12.1 Å². The van der Waals surface area contributed by atoms with Crippen molar-refractivity contribution in [1.82, 2.24) is 10.2 Å². The molecule has 0 aliphatic heterocycles. The molecule has 2 amide bonds. The molecule has 0 unspecified atom stereocenters. The Balaban J connectivity index is 1.87. The summed E-state index contributed by atoms with van der Waals surface area (Å²) in [6.45, 7) is 2.29. The van der Waals surface area contributed by atoms with Crippen LogP contribution in [0.2, 0.25) is 0 Å². The number of anilines is 1. The van der Waals surface area contributed by atoms with Crippen molar-refractivity contribution in [2.45, 2.75) is 51.6 Å². The normalized spacial score (nSPS) is 12.0. The summed E-state index contributed by atoms with van der Waals surface area (Å²) in [5.74, 6) is -3.49. The summed E-state index contributed by atoms with van der Waals surface area (Å²) >= 11 is 0. The van der Waals surface area contributed by atoms with Gasteiger partial charge in [-0.05, 0) is 48.2 Å². The lowest BCUT2D eigenvalue weighted by Gasteiger charge is -2.32. The zero-order valence-corrected chi connectivity index (χ0v) is 24.5. The number of sulfonamides is 1. The second kappa shape index (κ2) is 15.4. The minimum atomic E-state index is -3.88. The van der Waals surface area contributed by atoms with Crippen LogP contribution in [0.5, 0.6) is 0 Å². The lowest BCUT2D eigenvalue weighted by molar-refractivity contribution is -0.141. The van der Waals surface area contributed by atoms with Crippen molar-refractivity contribution in [2.24, 2.45) is 0 Å². The van der Waals surface area contributed by atoms with E-state index in [-0.39, 0.29) is 43.9 Å². The van der Waals surface area contributed by atoms with Crippen molar-refractivity contribution < 1.29 is 31.2 Å². The molecule has 0 aliphatic rings. The first-order valence-electron chi connectivity index (χ1n) is 13.8. The summed E-state index contributed by atoms with van der Waals surface area (Å²) in [5, 5.41) is 2.91. The fourth-order valence-corrected chi connectivity index (χ4v) is 5.45. The zero-order valence-electron chi connectivity index (χ0n) is 23.7. The SMILES string of the molecule is CCCCNC(=O)[C@H](Cc1ccccc1)N(Cc1ccc(F)cc1)C(=O)CCCN(c1ccc(F)c(F)c1)S(C)(=O)=O. The highest BCUT2D eigenvalue weighted by atomic mass is 32.2. The molecule has 226 valence electrons. The summed E-state index contributed by atoms with van der Waals surface area (Å²) in [4.78, 5) is 28.6. The Morgan fingerprint density at radius 3 is 2.19 bits per heavy atom. The van der Waals surface area contributed by atoms with Gasteiger partial charge in [-0.15, -0.1) is 0 Å². The number of carbonyl (C=O) groups excluding carboxylic acids is 2. The number of nitrogens with zero attached hydrogens (tertiary/aromatic N) is 2. The van der Waals surface area contributed by atoms with Gasteiger partial charge in [0, 0.05) is 38.5 Å². The second-order valence-electron chi connectivity index (χ2n) is 10.0. The van der Waals surface area contributed by atoms with E-state index in [2.05, 4.69) is 5.32 Å². The Hall–Kier alpha value is -3.86. The standard InChI is InChI=1S/C31H36F3N3O4S/c1-3-4-18-35-31(39)29(20-23-9-6-5-7-10-23)36(22-24-12-14-25(32)15-13-24)30(38)11-8-19-37(42(2,40)41)26-16-17-27(33)28(34)21-26/h5-7,9-10,12-17,21,29H,3-4,8,11,18-20,22H2,1-2H3,(H,35,39)/t29-/m0/s1. The van der Waals surface area contributed by atoms with Gasteiger partial charge in [0.15, 0.2) is 11.6 Å². The van der Waals surface area contributed by atoms with Crippen LogP contribution in [-0.2, 0) is 32.6 Å². The Morgan fingerprint density at radius 2 is 1.57 bits per heavy atom. The summed E-state index contributed by atoms with van der Waals surface area (Å²) in [6, 6.07) is 16.8. The molecule has 11 heteroatoms. The van der Waals surface area contributed by atoms with Crippen LogP contribution in [0.15, 0.2) is 72.8 Å². The molecule has 7 nitrogen and oxygen atoms in total. The Kier molecular flexibility index (Phi) is 12.0. The molecule has 0 saturated carbocycles. The van der Waals surface area contributed by atoms with E-state index < -0.39 is 39.4 Å². The van der Waals surface area contributed by atoms with Gasteiger partial charge in [-0.2, -0.15) is 0 Å². The third-order valence-electron chi connectivity index (χ3n) is 6.71. The third kappa shape index (κ3) is 9.61. The number of hydrogen-bond donors (Lipinski definition) is 1. The fourth-order valence-electron chi connectivity index (χ4n) is 4.49. The number of rotatable bonds is 15. The number of hydrogen-bond acceptors (Lipinski definition) is 4. The van der Waals surface area contributed by atoms with E-state index >= 15 is 0 Å². The highest BCUT2D eigenvalue weighted by Crippen LogP contribution is 2.22. The lowest BCUT2D eigenvalue weighted by atomic mass is 10.0. The first-order valence-corrected chi connectivity index (χ1v) is 15.6. The van der Waals surface area contributed by atoms with Gasteiger partial charge < -0.3 is 10.2 Å². The van der Waals surface area contributed by atoms with Crippen LogP contribution in [0.1, 0.15) is 43.7 Å². The molecule has 3 aromatic carbocycles. The van der Waals surface area contributed by atoms with E-state index in [0.717, 1.165) is 47.2 Å². The molecular weight excluding hydrogens is 567 g/mol. The van der Waals surface area contributed by atoms with Gasteiger partial charge >= 0.3 is 0 Å². The maximum Gasteiger partial charge on any atom is 0.243 e. The minimum Gasteiger partial charge on any atom is -0.354 e. The molecule has 0 spiro atoms. The predicted molar refractivity (Wildman–Crippen MR) is 157 cm³/mol. The number of amides is 2. The van der Waals surface area contributed by atoms with Gasteiger partial charge in [-0.1, -0.05) is 55.8 Å². The Morgan fingerprint density at radius 1 is 0.881 bits per heavy atom. The summed E-state index contributed by atoms with van der Waals surface area (Å²) < 4.78 is 66.8. The maximum absolute atomic E-state index is 13.9. The average molecular weight is 604 g/mol. The van der Waals surface area contributed by atoms with Crippen LogP contribution >= 0.6 is 0 Å². The van der Waals surface area contributed by atoms with Gasteiger partial charge in [0.25, 0.3) is 0 Å². The van der Waals surface area contributed by atoms with E-state index in [1.807, 2.05) is 37.3 Å². The lowest BCUT2D eigenvalue weighted by Crippen LogP contribution is -2.50. The van der Waals surface area contributed by atoms with E-state index in [0.29, 0.717) is 12.1 Å². The smallest absolute Gasteiger partial charge is 0.243 e. The van der Waals surface area contributed by atoms with Crippen molar-refractivity contribution in [3.05, 3.63) is 101 Å². The predicted octanol–water partition coefficient (Wildman–Crippen LogP) is 5.21. The summed E-state index contributed by atoms with van der Waals surface area (Å²) in [5.41, 5.74) is 1.39. The Bertz CT molecular complexity index is 1440. The Labute approximate surface area is 245 Å². The number of nitrogens with one attached hydrogen (secondary N) is 1. The van der Waals surface area contributed by atoms with Crippen LogP contribution in [0, 0.1) is 17.5 Å². The van der Waals surface area contributed by atoms with Gasteiger partial charge in [0.1, 0.15) is 11.9 Å². The van der Waals surface area contributed by atoms with Crippen LogP contribution < -0.4 is 9.62 Å². The van der Waals surface area contributed by atoms with Gasteiger partial charge in [0.2, 0.25) is 21.8 Å². The molecule has 0 saturated heterocycles. The molecule has 0 aliphatic carbocycles. The molecule has 1 atom stereocenters.